The Hall–Kier alpha value is -2.01. The van der Waals surface area contributed by atoms with Gasteiger partial charge in [-0.1, -0.05) is 6.92 Å². The number of amides is 1. The van der Waals surface area contributed by atoms with E-state index < -0.39 is 11.7 Å². The molecule has 0 unspecified atom stereocenters. The second-order valence-electron chi connectivity index (χ2n) is 9.28. The minimum Gasteiger partial charge on any atom is -0.317 e. The number of benzene rings is 1. The van der Waals surface area contributed by atoms with Crippen molar-refractivity contribution in [3.63, 3.8) is 0 Å². The van der Waals surface area contributed by atoms with Gasteiger partial charge in [0.15, 0.2) is 0 Å². The predicted molar refractivity (Wildman–Crippen MR) is 138 cm³/mol. The minimum atomic E-state index is -4.41. The average Bonchev–Trinajstić information content (AvgIpc) is 3.37. The highest BCUT2D eigenvalue weighted by Crippen LogP contribution is 2.46. The van der Waals surface area contributed by atoms with Gasteiger partial charge in [-0.2, -0.15) is 13.2 Å². The maximum absolute atomic E-state index is 13.2. The van der Waals surface area contributed by atoms with Crippen molar-refractivity contribution in [3.8, 4) is 10.6 Å². The van der Waals surface area contributed by atoms with Crippen LogP contribution in [0.1, 0.15) is 56.5 Å². The van der Waals surface area contributed by atoms with E-state index >= 15 is 0 Å². The number of fused-ring (bicyclic) bond motifs is 2. The number of nitrogens with zero attached hydrogens (tertiary/aromatic N) is 2. The van der Waals surface area contributed by atoms with Crippen molar-refractivity contribution in [2.24, 2.45) is 0 Å². The first-order chi connectivity index (χ1) is 16.6. The van der Waals surface area contributed by atoms with Crippen LogP contribution in [0.3, 0.4) is 0 Å². The number of alkyl halides is 3. The van der Waals surface area contributed by atoms with E-state index in [1.54, 1.807) is 11.3 Å². The molecule has 0 fully saturated rings. The molecule has 0 saturated carbocycles. The van der Waals surface area contributed by atoms with Gasteiger partial charge in [0.05, 0.1) is 15.8 Å². The van der Waals surface area contributed by atoms with E-state index in [1.165, 1.54) is 22.3 Å². The topological polar surface area (TPSA) is 57.3 Å². The molecule has 3 heterocycles. The zero-order valence-electron chi connectivity index (χ0n) is 20.4. The summed E-state index contributed by atoms with van der Waals surface area (Å²) in [7, 11) is 0. The van der Waals surface area contributed by atoms with Crippen LogP contribution in [0.25, 0.3) is 20.8 Å². The monoisotopic (exact) mass is 524 g/mol. The molecule has 35 heavy (non-hydrogen) atoms. The lowest BCUT2D eigenvalue weighted by atomic mass is 10.0. The minimum absolute atomic E-state index is 0.0816. The van der Waals surface area contributed by atoms with E-state index in [0.717, 1.165) is 54.2 Å². The molecule has 4 rings (SSSR count). The zero-order chi connectivity index (χ0) is 25.3. The van der Waals surface area contributed by atoms with Gasteiger partial charge in [0, 0.05) is 48.6 Å². The van der Waals surface area contributed by atoms with Crippen molar-refractivity contribution in [1.82, 2.24) is 15.2 Å². The Kier molecular flexibility index (Phi) is 7.85. The second kappa shape index (κ2) is 10.5. The number of carbonyl (C=O) groups is 1. The molecule has 1 aromatic carbocycles. The summed E-state index contributed by atoms with van der Waals surface area (Å²) in [4.78, 5) is 21.0. The Balaban J connectivity index is 1.68. The number of anilines is 1. The number of hydrogen-bond acceptors (Lipinski definition) is 6. The van der Waals surface area contributed by atoms with Gasteiger partial charge >= 0.3 is 6.18 Å². The Labute approximate surface area is 211 Å². The van der Waals surface area contributed by atoms with E-state index in [2.05, 4.69) is 48.2 Å². The fraction of sp³-hybridized carbons (Fsp3) is 0.520. The Bertz CT molecular complexity index is 1200. The van der Waals surface area contributed by atoms with Gasteiger partial charge in [0.1, 0.15) is 10.0 Å². The summed E-state index contributed by atoms with van der Waals surface area (Å²) in [5.41, 5.74) is 1.64. The molecule has 190 valence electrons. The second-order valence-corrected chi connectivity index (χ2v) is 11.4. The number of aromatic nitrogens is 1. The van der Waals surface area contributed by atoms with Crippen LogP contribution in [0.2, 0.25) is 0 Å². The molecule has 0 bridgehead atoms. The first-order valence-corrected chi connectivity index (χ1v) is 13.6. The third kappa shape index (κ3) is 5.87. The predicted octanol–water partition coefficient (Wildman–Crippen LogP) is 6.53. The van der Waals surface area contributed by atoms with Crippen LogP contribution >= 0.6 is 22.7 Å². The first-order valence-electron chi connectivity index (χ1n) is 12.0. The third-order valence-electron chi connectivity index (χ3n) is 6.46. The largest absolute Gasteiger partial charge is 0.416 e. The molecule has 0 saturated heterocycles. The van der Waals surface area contributed by atoms with Gasteiger partial charge in [-0.15, -0.1) is 22.7 Å². The van der Waals surface area contributed by atoms with Crippen molar-refractivity contribution < 1.29 is 18.0 Å². The molecule has 5 nitrogen and oxygen atoms in total. The molecule has 1 amide bonds. The molecule has 0 aliphatic carbocycles. The van der Waals surface area contributed by atoms with Crippen molar-refractivity contribution in [1.29, 1.82) is 0 Å². The number of halogens is 3. The summed E-state index contributed by atoms with van der Waals surface area (Å²) in [6.45, 7) is 10.8. The number of thiazole rings is 1. The van der Waals surface area contributed by atoms with Crippen molar-refractivity contribution in [2.75, 3.05) is 18.4 Å². The van der Waals surface area contributed by atoms with Crippen molar-refractivity contribution in [2.45, 2.75) is 71.8 Å². The third-order valence-corrected chi connectivity index (χ3v) is 8.64. The number of rotatable bonds is 8. The Morgan fingerprint density at radius 3 is 2.69 bits per heavy atom. The molecule has 10 heteroatoms. The molecule has 2 N–H and O–H groups in total. The summed E-state index contributed by atoms with van der Waals surface area (Å²) < 4.78 is 40.4. The molecule has 1 atom stereocenters. The molecule has 1 aliphatic rings. The number of thiophene rings is 1. The van der Waals surface area contributed by atoms with Crippen molar-refractivity contribution in [3.05, 3.63) is 34.2 Å². The lowest BCUT2D eigenvalue weighted by Gasteiger charge is -2.30. The molecular weight excluding hydrogens is 493 g/mol. The standard InChI is InChI=1S/C25H31F3N4OS2/c1-5-15(4)29-10-8-21(33)31-24-22(17-9-11-32(14(2)3)13-20(17)35-24)23-30-18-12-16(25(26,27)28)6-7-19(18)34-23/h6-7,12,14-15,29H,5,8-11,13H2,1-4H3,(H,31,33)/t15-/m0/s1. The van der Waals surface area contributed by atoms with Crippen LogP contribution < -0.4 is 10.6 Å². The number of carbonyl (C=O) groups excluding carboxylic acids is 1. The van der Waals surface area contributed by atoms with Gasteiger partial charge < -0.3 is 10.6 Å². The SMILES string of the molecule is CC[C@H](C)NCCC(=O)Nc1sc2c(c1-c1nc3cc(C(F)(F)F)ccc3s1)CCN(C(C)C)C2. The van der Waals surface area contributed by atoms with Gasteiger partial charge in [-0.25, -0.2) is 4.98 Å². The lowest BCUT2D eigenvalue weighted by Crippen LogP contribution is -2.35. The normalized spacial score (nSPS) is 15.5. The maximum atomic E-state index is 13.2. The maximum Gasteiger partial charge on any atom is 0.416 e. The average molecular weight is 525 g/mol. The fourth-order valence-electron chi connectivity index (χ4n) is 4.15. The molecule has 1 aliphatic heterocycles. The fourth-order valence-corrected chi connectivity index (χ4v) is 6.53. The number of hydrogen-bond donors (Lipinski definition) is 2. The van der Waals surface area contributed by atoms with Crippen LogP contribution in [0.4, 0.5) is 18.2 Å². The van der Waals surface area contributed by atoms with Crippen LogP contribution in [0.5, 0.6) is 0 Å². The van der Waals surface area contributed by atoms with Gasteiger partial charge in [-0.3, -0.25) is 9.69 Å². The lowest BCUT2D eigenvalue weighted by molar-refractivity contribution is -0.137. The van der Waals surface area contributed by atoms with Crippen molar-refractivity contribution >= 4 is 43.8 Å². The van der Waals surface area contributed by atoms with Crippen LogP contribution in [-0.2, 0) is 23.9 Å². The quantitative estimate of drug-likeness (QED) is 0.352. The molecule has 0 spiro atoms. The highest BCUT2D eigenvalue weighted by molar-refractivity contribution is 7.23. The molecule has 0 radical (unpaired) electrons. The van der Waals surface area contributed by atoms with E-state index in [4.69, 9.17) is 0 Å². The van der Waals surface area contributed by atoms with E-state index in [-0.39, 0.29) is 5.91 Å². The van der Waals surface area contributed by atoms with Crippen LogP contribution in [-0.4, -0.2) is 41.0 Å². The summed E-state index contributed by atoms with van der Waals surface area (Å²) in [6, 6.07) is 4.44. The van der Waals surface area contributed by atoms with Gasteiger partial charge in [0.2, 0.25) is 5.91 Å². The first kappa shape index (κ1) is 26.1. The zero-order valence-corrected chi connectivity index (χ0v) is 22.0. The summed E-state index contributed by atoms with van der Waals surface area (Å²) in [5, 5.41) is 7.82. The summed E-state index contributed by atoms with van der Waals surface area (Å²) >= 11 is 2.93. The summed E-state index contributed by atoms with van der Waals surface area (Å²) in [6.07, 6.45) is -2.26. The highest BCUT2D eigenvalue weighted by atomic mass is 32.1. The van der Waals surface area contributed by atoms with Gasteiger partial charge in [0.25, 0.3) is 0 Å². The molecular formula is C25H31F3N4OS2. The number of nitrogens with one attached hydrogen (secondary N) is 2. The molecule has 2 aromatic heterocycles. The van der Waals surface area contributed by atoms with Crippen LogP contribution in [0, 0.1) is 0 Å². The Morgan fingerprint density at radius 2 is 2.00 bits per heavy atom. The van der Waals surface area contributed by atoms with Crippen LogP contribution in [0.15, 0.2) is 18.2 Å². The molecule has 3 aromatic rings. The van der Waals surface area contributed by atoms with E-state index in [1.807, 2.05) is 0 Å². The highest BCUT2D eigenvalue weighted by Gasteiger charge is 2.32. The Morgan fingerprint density at radius 1 is 1.23 bits per heavy atom. The van der Waals surface area contributed by atoms with E-state index in [0.29, 0.717) is 40.3 Å². The summed E-state index contributed by atoms with van der Waals surface area (Å²) in [5.74, 6) is -0.0816. The smallest absolute Gasteiger partial charge is 0.317 e. The van der Waals surface area contributed by atoms with Gasteiger partial charge in [-0.05, 0) is 57.4 Å². The van der Waals surface area contributed by atoms with E-state index in [9.17, 15) is 18.0 Å².